The van der Waals surface area contributed by atoms with Crippen molar-refractivity contribution < 1.29 is 5.11 Å². The van der Waals surface area contributed by atoms with Gasteiger partial charge < -0.3 is 10.4 Å². The molecule has 100 valence electrons. The number of aryl methyl sites for hydroxylation is 1. The number of nitrogens with one attached hydrogen (secondary N) is 1. The Balaban J connectivity index is 2.00. The number of rotatable bonds is 5. The average Bonchev–Trinajstić information content (AvgIpc) is 2.71. The van der Waals surface area contributed by atoms with Gasteiger partial charge in [-0.15, -0.1) is 0 Å². The van der Waals surface area contributed by atoms with Gasteiger partial charge in [-0.25, -0.2) is 9.97 Å². The smallest absolute Gasteiger partial charge is 0.144 e. The number of aromatic nitrogens is 2. The van der Waals surface area contributed by atoms with Gasteiger partial charge in [0.25, 0.3) is 0 Å². The number of hydrogen-bond donors (Lipinski definition) is 2. The van der Waals surface area contributed by atoms with Crippen molar-refractivity contribution in [3.8, 4) is 0 Å². The van der Waals surface area contributed by atoms with Crippen LogP contribution in [0.1, 0.15) is 31.3 Å². The first-order valence-corrected chi connectivity index (χ1v) is 6.66. The van der Waals surface area contributed by atoms with Crippen LogP contribution < -0.4 is 5.32 Å². The van der Waals surface area contributed by atoms with Crippen LogP contribution in [0.3, 0.4) is 0 Å². The van der Waals surface area contributed by atoms with Crippen molar-refractivity contribution in [2.45, 2.75) is 39.3 Å². The van der Waals surface area contributed by atoms with E-state index in [1.165, 1.54) is 0 Å². The third kappa shape index (κ3) is 3.65. The molecular formula is C13H22N4O. The number of β-amino-alcohol motifs (C(OH)–C–C–N with tert-alkyl or cyclic N) is 1. The summed E-state index contributed by atoms with van der Waals surface area (Å²) in [6.07, 6.45) is 1.75. The van der Waals surface area contributed by atoms with Crippen LogP contribution in [0.15, 0.2) is 6.07 Å². The van der Waals surface area contributed by atoms with Gasteiger partial charge in [-0.2, -0.15) is 0 Å². The van der Waals surface area contributed by atoms with E-state index in [9.17, 15) is 5.11 Å². The highest BCUT2D eigenvalue weighted by molar-refractivity contribution is 5.35. The molecule has 0 amide bonds. The fourth-order valence-electron chi connectivity index (χ4n) is 2.20. The van der Waals surface area contributed by atoms with E-state index in [2.05, 4.69) is 27.1 Å². The van der Waals surface area contributed by atoms with Crippen molar-refractivity contribution in [3.63, 3.8) is 0 Å². The molecule has 2 rings (SSSR count). The minimum atomic E-state index is -0.188. The highest BCUT2D eigenvalue weighted by Gasteiger charge is 2.21. The van der Waals surface area contributed by atoms with E-state index in [0.717, 1.165) is 56.4 Å². The van der Waals surface area contributed by atoms with Crippen LogP contribution in [-0.2, 0) is 6.54 Å². The molecule has 0 aromatic carbocycles. The lowest BCUT2D eigenvalue weighted by Crippen LogP contribution is -2.23. The maximum absolute atomic E-state index is 9.51. The van der Waals surface area contributed by atoms with Crippen LogP contribution in [0.25, 0.3) is 0 Å². The molecule has 2 N–H and O–H groups in total. The second-order valence-corrected chi connectivity index (χ2v) is 4.92. The van der Waals surface area contributed by atoms with Gasteiger partial charge in [-0.1, -0.05) is 6.92 Å². The van der Waals surface area contributed by atoms with Crippen molar-refractivity contribution in [1.82, 2.24) is 14.9 Å². The Hall–Kier alpha value is -1.20. The quantitative estimate of drug-likeness (QED) is 0.821. The summed E-state index contributed by atoms with van der Waals surface area (Å²) in [6, 6.07) is 1.97. The van der Waals surface area contributed by atoms with Gasteiger partial charge in [0.2, 0.25) is 0 Å². The molecule has 1 unspecified atom stereocenters. The molecule has 0 spiro atoms. The number of anilines is 1. The normalized spacial score (nSPS) is 20.3. The Labute approximate surface area is 108 Å². The molecule has 1 aromatic heterocycles. The Bertz CT molecular complexity index is 397. The molecule has 18 heavy (non-hydrogen) atoms. The number of aliphatic hydroxyl groups excluding tert-OH is 1. The SMILES string of the molecule is CCCNc1cc(C)nc(CN2CCC(O)C2)n1. The number of nitrogens with zero attached hydrogens (tertiary/aromatic N) is 3. The minimum absolute atomic E-state index is 0.188. The summed E-state index contributed by atoms with van der Waals surface area (Å²) in [4.78, 5) is 11.2. The summed E-state index contributed by atoms with van der Waals surface area (Å²) in [5.74, 6) is 1.74. The fraction of sp³-hybridized carbons (Fsp3) is 0.692. The third-order valence-electron chi connectivity index (χ3n) is 3.07. The summed E-state index contributed by atoms with van der Waals surface area (Å²) in [6.45, 7) is 7.43. The van der Waals surface area contributed by atoms with Gasteiger partial charge in [-0.3, -0.25) is 4.90 Å². The molecule has 1 saturated heterocycles. The molecule has 0 bridgehead atoms. The zero-order valence-electron chi connectivity index (χ0n) is 11.2. The van der Waals surface area contributed by atoms with Crippen LogP contribution in [0, 0.1) is 6.92 Å². The van der Waals surface area contributed by atoms with E-state index in [0.29, 0.717) is 0 Å². The predicted molar refractivity (Wildman–Crippen MR) is 71.5 cm³/mol. The van der Waals surface area contributed by atoms with E-state index in [-0.39, 0.29) is 6.10 Å². The molecule has 1 aliphatic rings. The van der Waals surface area contributed by atoms with Crippen LogP contribution in [0.4, 0.5) is 5.82 Å². The van der Waals surface area contributed by atoms with Crippen LogP contribution in [-0.4, -0.2) is 45.7 Å². The number of hydrogen-bond acceptors (Lipinski definition) is 5. The molecule has 1 aromatic rings. The predicted octanol–water partition coefficient (Wildman–Crippen LogP) is 1.17. The zero-order valence-corrected chi connectivity index (χ0v) is 11.2. The first-order chi connectivity index (χ1) is 8.67. The van der Waals surface area contributed by atoms with E-state index in [4.69, 9.17) is 0 Å². The van der Waals surface area contributed by atoms with Gasteiger partial charge in [-0.05, 0) is 19.8 Å². The van der Waals surface area contributed by atoms with Gasteiger partial charge in [0, 0.05) is 31.4 Å². The Kier molecular flexibility index (Phi) is 4.49. The van der Waals surface area contributed by atoms with E-state index in [1.54, 1.807) is 0 Å². The maximum Gasteiger partial charge on any atom is 0.144 e. The van der Waals surface area contributed by atoms with Crippen molar-refractivity contribution in [3.05, 3.63) is 17.6 Å². The molecular weight excluding hydrogens is 228 g/mol. The maximum atomic E-state index is 9.51. The van der Waals surface area contributed by atoms with Crippen molar-refractivity contribution in [2.24, 2.45) is 0 Å². The van der Waals surface area contributed by atoms with Crippen LogP contribution in [0.2, 0.25) is 0 Å². The highest BCUT2D eigenvalue weighted by atomic mass is 16.3. The number of likely N-dealkylation sites (tertiary alicyclic amines) is 1. The first-order valence-electron chi connectivity index (χ1n) is 6.66. The Morgan fingerprint density at radius 2 is 2.33 bits per heavy atom. The fourth-order valence-corrected chi connectivity index (χ4v) is 2.20. The molecule has 5 nitrogen and oxygen atoms in total. The van der Waals surface area contributed by atoms with E-state index >= 15 is 0 Å². The van der Waals surface area contributed by atoms with Gasteiger partial charge in [0.15, 0.2) is 0 Å². The monoisotopic (exact) mass is 250 g/mol. The van der Waals surface area contributed by atoms with Crippen molar-refractivity contribution in [2.75, 3.05) is 25.0 Å². The van der Waals surface area contributed by atoms with Crippen LogP contribution >= 0.6 is 0 Å². The first kappa shape index (κ1) is 13.2. The molecule has 0 radical (unpaired) electrons. The van der Waals surface area contributed by atoms with Crippen molar-refractivity contribution >= 4 is 5.82 Å². The summed E-state index contributed by atoms with van der Waals surface area (Å²) in [5, 5.41) is 12.8. The average molecular weight is 250 g/mol. The Morgan fingerprint density at radius 3 is 3.00 bits per heavy atom. The molecule has 2 heterocycles. The van der Waals surface area contributed by atoms with E-state index < -0.39 is 0 Å². The van der Waals surface area contributed by atoms with E-state index in [1.807, 2.05) is 13.0 Å². The summed E-state index contributed by atoms with van der Waals surface area (Å²) in [7, 11) is 0. The van der Waals surface area contributed by atoms with Gasteiger partial charge >= 0.3 is 0 Å². The summed E-state index contributed by atoms with van der Waals surface area (Å²) >= 11 is 0. The van der Waals surface area contributed by atoms with Gasteiger partial charge in [0.05, 0.1) is 12.6 Å². The summed E-state index contributed by atoms with van der Waals surface area (Å²) in [5.41, 5.74) is 0.985. The molecule has 0 saturated carbocycles. The lowest BCUT2D eigenvalue weighted by Gasteiger charge is -2.14. The van der Waals surface area contributed by atoms with Crippen LogP contribution in [0.5, 0.6) is 0 Å². The second kappa shape index (κ2) is 6.11. The summed E-state index contributed by atoms with van der Waals surface area (Å²) < 4.78 is 0. The van der Waals surface area contributed by atoms with Crippen molar-refractivity contribution in [1.29, 1.82) is 0 Å². The lowest BCUT2D eigenvalue weighted by molar-refractivity contribution is 0.174. The lowest BCUT2D eigenvalue weighted by atomic mass is 10.3. The molecule has 1 aliphatic heterocycles. The topological polar surface area (TPSA) is 61.3 Å². The highest BCUT2D eigenvalue weighted by Crippen LogP contribution is 2.13. The van der Waals surface area contributed by atoms with Gasteiger partial charge in [0.1, 0.15) is 11.6 Å². The number of aliphatic hydroxyl groups is 1. The third-order valence-corrected chi connectivity index (χ3v) is 3.07. The minimum Gasteiger partial charge on any atom is -0.392 e. The Morgan fingerprint density at radius 1 is 1.50 bits per heavy atom. The second-order valence-electron chi connectivity index (χ2n) is 4.92. The molecule has 1 atom stereocenters. The molecule has 0 aliphatic carbocycles. The molecule has 1 fully saturated rings. The zero-order chi connectivity index (χ0) is 13.0. The molecule has 5 heteroatoms. The standard InChI is InChI=1S/C13H22N4O/c1-3-5-14-12-7-10(2)15-13(16-12)9-17-6-4-11(18)8-17/h7,11,18H,3-6,8-9H2,1-2H3,(H,14,15,16). The largest absolute Gasteiger partial charge is 0.392 e.